The largest absolute Gasteiger partial charge is 0.508 e. The van der Waals surface area contributed by atoms with Crippen LogP contribution in [0.25, 0.3) is 0 Å². The molecule has 1 aliphatic rings. The van der Waals surface area contributed by atoms with E-state index in [0.717, 1.165) is 30.1 Å². The highest BCUT2D eigenvalue weighted by atomic mass is 16.5. The molecule has 0 amide bonds. The molecule has 0 bridgehead atoms. The van der Waals surface area contributed by atoms with Gasteiger partial charge in [0.1, 0.15) is 5.75 Å². The predicted octanol–water partition coefficient (Wildman–Crippen LogP) is 2.16. The van der Waals surface area contributed by atoms with Gasteiger partial charge in [-0.2, -0.15) is 10.1 Å². The minimum absolute atomic E-state index is 0.237. The molecule has 7 nitrogen and oxygen atoms in total. The van der Waals surface area contributed by atoms with Crippen molar-refractivity contribution in [3.63, 3.8) is 0 Å². The Morgan fingerprint density at radius 2 is 1.92 bits per heavy atom. The summed E-state index contributed by atoms with van der Waals surface area (Å²) in [6, 6.07) is 8.78. The molecule has 3 rings (SSSR count). The smallest absolute Gasteiger partial charge is 0.227 e. The molecule has 7 heteroatoms. The van der Waals surface area contributed by atoms with Gasteiger partial charge < -0.3 is 14.7 Å². The Morgan fingerprint density at radius 1 is 1.21 bits per heavy atom. The number of aromatic nitrogens is 2. The van der Waals surface area contributed by atoms with E-state index in [0.29, 0.717) is 25.0 Å². The number of nitrogens with one attached hydrogen (secondary N) is 1. The lowest BCUT2D eigenvalue weighted by molar-refractivity contribution is 0.122. The average molecular weight is 327 g/mol. The van der Waals surface area contributed by atoms with E-state index in [4.69, 9.17) is 4.74 Å². The van der Waals surface area contributed by atoms with Gasteiger partial charge in [-0.3, -0.25) is 5.43 Å². The summed E-state index contributed by atoms with van der Waals surface area (Å²) in [6.07, 6.45) is 0. The number of hydrogen-bond donors (Lipinski definition) is 2. The van der Waals surface area contributed by atoms with Gasteiger partial charge in [0, 0.05) is 24.8 Å². The molecule has 0 atom stereocenters. The first-order valence-electron chi connectivity index (χ1n) is 7.90. The van der Waals surface area contributed by atoms with E-state index < -0.39 is 0 Å². The minimum Gasteiger partial charge on any atom is -0.508 e. The van der Waals surface area contributed by atoms with Crippen LogP contribution in [0.4, 0.5) is 11.8 Å². The molecule has 24 heavy (non-hydrogen) atoms. The fraction of sp³-hybridized carbons (Fsp3) is 0.353. The summed E-state index contributed by atoms with van der Waals surface area (Å²) in [5.41, 5.74) is 5.61. The highest BCUT2D eigenvalue weighted by molar-refractivity contribution is 5.99. The van der Waals surface area contributed by atoms with E-state index in [1.54, 1.807) is 12.1 Å². The van der Waals surface area contributed by atoms with Gasteiger partial charge in [-0.25, -0.2) is 4.98 Å². The maximum Gasteiger partial charge on any atom is 0.227 e. The topological polar surface area (TPSA) is 82.9 Å². The number of aryl methyl sites for hydroxylation is 1. The lowest BCUT2D eigenvalue weighted by atomic mass is 10.1. The van der Waals surface area contributed by atoms with Gasteiger partial charge in [-0.15, -0.1) is 0 Å². The Bertz CT molecular complexity index is 724. The molecule has 2 heterocycles. The zero-order valence-corrected chi connectivity index (χ0v) is 13.9. The van der Waals surface area contributed by atoms with Crippen LogP contribution in [0.15, 0.2) is 35.4 Å². The van der Waals surface area contributed by atoms with Crippen LogP contribution in [-0.2, 0) is 4.74 Å². The molecule has 0 unspecified atom stereocenters. The number of ether oxygens (including phenoxy) is 1. The number of aromatic hydroxyl groups is 1. The van der Waals surface area contributed by atoms with Crippen LogP contribution >= 0.6 is 0 Å². The summed E-state index contributed by atoms with van der Waals surface area (Å²) in [5, 5.41) is 13.7. The molecule has 0 saturated carbocycles. The van der Waals surface area contributed by atoms with Crippen LogP contribution < -0.4 is 10.3 Å². The van der Waals surface area contributed by atoms with Gasteiger partial charge in [0.2, 0.25) is 5.95 Å². The summed E-state index contributed by atoms with van der Waals surface area (Å²) >= 11 is 0. The quantitative estimate of drug-likeness (QED) is 0.661. The van der Waals surface area contributed by atoms with Crippen LogP contribution in [0.3, 0.4) is 0 Å². The Hall–Kier alpha value is -2.67. The zero-order chi connectivity index (χ0) is 16.9. The summed E-state index contributed by atoms with van der Waals surface area (Å²) in [6.45, 7) is 6.80. The molecule has 0 spiro atoms. The minimum atomic E-state index is 0.237. The Morgan fingerprint density at radius 3 is 2.62 bits per heavy atom. The molecule has 1 fully saturated rings. The third-order valence-electron chi connectivity index (χ3n) is 3.76. The highest BCUT2D eigenvalue weighted by Crippen LogP contribution is 2.16. The van der Waals surface area contributed by atoms with Crippen LogP contribution in [0, 0.1) is 6.92 Å². The fourth-order valence-corrected chi connectivity index (χ4v) is 2.42. The van der Waals surface area contributed by atoms with Gasteiger partial charge in [-0.1, -0.05) is 0 Å². The van der Waals surface area contributed by atoms with E-state index >= 15 is 0 Å². The van der Waals surface area contributed by atoms with Crippen molar-refractivity contribution in [2.24, 2.45) is 5.10 Å². The monoisotopic (exact) mass is 327 g/mol. The van der Waals surface area contributed by atoms with E-state index in [-0.39, 0.29) is 5.75 Å². The first-order chi connectivity index (χ1) is 11.6. The summed E-state index contributed by atoms with van der Waals surface area (Å²) in [7, 11) is 0. The summed E-state index contributed by atoms with van der Waals surface area (Å²) in [4.78, 5) is 11.1. The summed E-state index contributed by atoms with van der Waals surface area (Å²) in [5.74, 6) is 1.58. The number of rotatable bonds is 4. The third kappa shape index (κ3) is 3.99. The number of nitrogens with zero attached hydrogens (tertiary/aromatic N) is 4. The van der Waals surface area contributed by atoms with Crippen molar-refractivity contribution in [1.29, 1.82) is 0 Å². The molecule has 0 aliphatic carbocycles. The first kappa shape index (κ1) is 16.2. The van der Waals surface area contributed by atoms with E-state index in [1.807, 2.05) is 32.0 Å². The first-order valence-corrected chi connectivity index (χ1v) is 7.90. The second-order valence-electron chi connectivity index (χ2n) is 5.65. The number of benzene rings is 1. The van der Waals surface area contributed by atoms with Crippen molar-refractivity contribution in [3.8, 4) is 5.75 Å². The molecular weight excluding hydrogens is 306 g/mol. The molecule has 1 aliphatic heterocycles. The number of hydrogen-bond acceptors (Lipinski definition) is 7. The third-order valence-corrected chi connectivity index (χ3v) is 3.76. The number of phenols is 1. The number of phenolic OH excluding ortho intramolecular Hbond substituents is 1. The van der Waals surface area contributed by atoms with Crippen molar-refractivity contribution in [2.45, 2.75) is 13.8 Å². The Kier molecular flexibility index (Phi) is 4.90. The van der Waals surface area contributed by atoms with Crippen LogP contribution in [0.1, 0.15) is 18.2 Å². The van der Waals surface area contributed by atoms with Gasteiger partial charge >= 0.3 is 0 Å². The molecule has 1 aromatic carbocycles. The number of hydrazone groups is 1. The lowest BCUT2D eigenvalue weighted by Crippen LogP contribution is -2.37. The standard InChI is InChI=1S/C17H21N5O2/c1-12-11-16(19-17(18-12)22-7-9-24-10-8-22)21-20-13(2)14-3-5-15(23)6-4-14/h3-6,11,23H,7-10H2,1-2H3,(H,18,19,21)/b20-13-. The van der Waals surface area contributed by atoms with Crippen molar-refractivity contribution < 1.29 is 9.84 Å². The average Bonchev–Trinajstić information content (AvgIpc) is 2.60. The van der Waals surface area contributed by atoms with Gasteiger partial charge in [-0.05, 0) is 43.7 Å². The number of morpholine rings is 1. The molecular formula is C17H21N5O2. The van der Waals surface area contributed by atoms with Crippen molar-refractivity contribution in [1.82, 2.24) is 9.97 Å². The maximum atomic E-state index is 9.35. The van der Waals surface area contributed by atoms with Crippen LogP contribution in [0.5, 0.6) is 5.75 Å². The van der Waals surface area contributed by atoms with Gasteiger partial charge in [0.05, 0.1) is 18.9 Å². The van der Waals surface area contributed by atoms with E-state index in [9.17, 15) is 5.11 Å². The molecule has 1 aromatic heterocycles. The predicted molar refractivity (Wildman–Crippen MR) is 93.7 cm³/mol. The second-order valence-corrected chi connectivity index (χ2v) is 5.65. The molecule has 0 radical (unpaired) electrons. The van der Waals surface area contributed by atoms with E-state index in [1.165, 1.54) is 0 Å². The number of anilines is 2. The molecule has 2 N–H and O–H groups in total. The molecule has 126 valence electrons. The summed E-state index contributed by atoms with van der Waals surface area (Å²) < 4.78 is 5.37. The molecule has 1 saturated heterocycles. The zero-order valence-electron chi connectivity index (χ0n) is 13.9. The van der Waals surface area contributed by atoms with Crippen LogP contribution in [-0.4, -0.2) is 47.1 Å². The maximum absolute atomic E-state index is 9.35. The van der Waals surface area contributed by atoms with Crippen molar-refractivity contribution in [3.05, 3.63) is 41.6 Å². The highest BCUT2D eigenvalue weighted by Gasteiger charge is 2.14. The van der Waals surface area contributed by atoms with Gasteiger partial charge in [0.15, 0.2) is 5.82 Å². The fourth-order valence-electron chi connectivity index (χ4n) is 2.42. The normalized spacial score (nSPS) is 15.4. The van der Waals surface area contributed by atoms with Crippen LogP contribution in [0.2, 0.25) is 0 Å². The van der Waals surface area contributed by atoms with E-state index in [2.05, 4.69) is 25.4 Å². The Labute approximate surface area is 141 Å². The van der Waals surface area contributed by atoms with Crippen molar-refractivity contribution in [2.75, 3.05) is 36.6 Å². The van der Waals surface area contributed by atoms with Crippen molar-refractivity contribution >= 4 is 17.5 Å². The van der Waals surface area contributed by atoms with Gasteiger partial charge in [0.25, 0.3) is 0 Å². The SMILES string of the molecule is C/C(=N/Nc1cc(C)nc(N2CCOCC2)n1)c1ccc(O)cc1. The second kappa shape index (κ2) is 7.27. The lowest BCUT2D eigenvalue weighted by Gasteiger charge is -2.27. The molecule has 2 aromatic rings. The Balaban J connectivity index is 1.75.